The summed E-state index contributed by atoms with van der Waals surface area (Å²) in [6, 6.07) is 3.69. The molecule has 2 aromatic heterocycles. The maximum atomic E-state index is 12.5. The fourth-order valence-electron chi connectivity index (χ4n) is 3.39. The van der Waals surface area contributed by atoms with Crippen LogP contribution in [0.25, 0.3) is 0 Å². The van der Waals surface area contributed by atoms with Gasteiger partial charge in [-0.25, -0.2) is 4.98 Å². The molecular weight excluding hydrogens is 306 g/mol. The lowest BCUT2D eigenvalue weighted by atomic mass is 10.0. The zero-order valence-electron chi connectivity index (χ0n) is 13.4. The number of aromatic amines is 1. The van der Waals surface area contributed by atoms with Crippen molar-refractivity contribution in [3.05, 3.63) is 47.8 Å². The molecule has 0 aromatic carbocycles. The fourth-order valence-corrected chi connectivity index (χ4v) is 3.39. The molecule has 0 unspecified atom stereocenters. The van der Waals surface area contributed by atoms with Crippen LogP contribution in [0.4, 0.5) is 0 Å². The normalized spacial score (nSPS) is 23.5. The Hall–Kier alpha value is -2.70. The summed E-state index contributed by atoms with van der Waals surface area (Å²) >= 11 is 0. The summed E-state index contributed by atoms with van der Waals surface area (Å²) in [6.07, 6.45) is 7.38. The Morgan fingerprint density at radius 2 is 2.21 bits per heavy atom. The predicted molar refractivity (Wildman–Crippen MR) is 86.0 cm³/mol. The number of H-pyrrole nitrogens is 1. The highest BCUT2D eigenvalue weighted by molar-refractivity contribution is 5.93. The van der Waals surface area contributed by atoms with Gasteiger partial charge in [-0.05, 0) is 31.4 Å². The summed E-state index contributed by atoms with van der Waals surface area (Å²) in [5.41, 5.74) is 1.37. The van der Waals surface area contributed by atoms with E-state index in [0.717, 1.165) is 18.4 Å². The van der Waals surface area contributed by atoms with Gasteiger partial charge >= 0.3 is 0 Å². The number of amides is 2. The molecule has 0 spiro atoms. The van der Waals surface area contributed by atoms with Crippen LogP contribution in [0.2, 0.25) is 0 Å². The van der Waals surface area contributed by atoms with E-state index >= 15 is 0 Å². The second-order valence-corrected chi connectivity index (χ2v) is 6.43. The first kappa shape index (κ1) is 14.9. The van der Waals surface area contributed by atoms with Gasteiger partial charge in [-0.1, -0.05) is 6.07 Å². The van der Waals surface area contributed by atoms with Gasteiger partial charge in [0, 0.05) is 24.9 Å². The van der Waals surface area contributed by atoms with E-state index in [1.807, 2.05) is 17.0 Å². The van der Waals surface area contributed by atoms with Crippen molar-refractivity contribution in [1.29, 1.82) is 0 Å². The summed E-state index contributed by atoms with van der Waals surface area (Å²) in [4.78, 5) is 38.1. The maximum absolute atomic E-state index is 12.5. The molecule has 0 bridgehead atoms. The van der Waals surface area contributed by atoms with Gasteiger partial charge in [0.05, 0.1) is 18.3 Å². The molecule has 2 amide bonds. The molecule has 2 atom stereocenters. The van der Waals surface area contributed by atoms with E-state index in [1.54, 1.807) is 19.3 Å². The number of likely N-dealkylation sites (tertiary alicyclic amines) is 1. The molecule has 1 saturated heterocycles. The Morgan fingerprint density at radius 1 is 1.38 bits per heavy atom. The Labute approximate surface area is 139 Å². The van der Waals surface area contributed by atoms with Gasteiger partial charge in [-0.15, -0.1) is 0 Å². The minimum atomic E-state index is -0.265. The van der Waals surface area contributed by atoms with Crippen LogP contribution in [0, 0.1) is 6.92 Å². The van der Waals surface area contributed by atoms with Crippen LogP contribution < -0.4 is 5.32 Å². The van der Waals surface area contributed by atoms with E-state index in [-0.39, 0.29) is 23.9 Å². The van der Waals surface area contributed by atoms with Crippen molar-refractivity contribution in [2.24, 2.45) is 0 Å². The predicted octanol–water partition coefficient (Wildman–Crippen LogP) is 1.35. The van der Waals surface area contributed by atoms with Crippen LogP contribution in [0.1, 0.15) is 47.2 Å². The summed E-state index contributed by atoms with van der Waals surface area (Å²) in [5, 5.41) is 3.00. The highest BCUT2D eigenvalue weighted by Crippen LogP contribution is 2.41. The average Bonchev–Trinajstić information content (AvgIpc) is 3.23. The summed E-state index contributed by atoms with van der Waals surface area (Å²) < 4.78 is 0. The third-order valence-electron chi connectivity index (χ3n) is 4.59. The minimum Gasteiger partial charge on any atom is -0.345 e. The highest BCUT2D eigenvalue weighted by Gasteiger charge is 2.47. The standard InChI is InChI=1S/C17H19N5O2/c1-10-19-9-14(20-10)17(24)21-13-7-15(23)22(12-4-5-12)16(13)11-3-2-6-18-8-11/h2-3,6,8-9,12-13,16H,4-5,7H2,1H3,(H,19,20)(H,21,24)/t13-,16+/m1/s1. The first-order chi connectivity index (χ1) is 11.6. The van der Waals surface area contributed by atoms with Gasteiger partial charge < -0.3 is 15.2 Å². The topological polar surface area (TPSA) is 91.0 Å². The van der Waals surface area contributed by atoms with Crippen LogP contribution in [0.15, 0.2) is 30.7 Å². The first-order valence-corrected chi connectivity index (χ1v) is 8.17. The van der Waals surface area contributed by atoms with Gasteiger partial charge in [-0.2, -0.15) is 0 Å². The van der Waals surface area contributed by atoms with Gasteiger partial charge in [0.15, 0.2) is 0 Å². The van der Waals surface area contributed by atoms with Gasteiger partial charge in [0.2, 0.25) is 5.91 Å². The van der Waals surface area contributed by atoms with Crippen LogP contribution >= 0.6 is 0 Å². The maximum Gasteiger partial charge on any atom is 0.269 e. The third-order valence-corrected chi connectivity index (χ3v) is 4.59. The van der Waals surface area contributed by atoms with Crippen molar-refractivity contribution in [2.45, 2.75) is 44.3 Å². The molecule has 2 aliphatic rings. The Balaban J connectivity index is 1.60. The molecule has 2 fully saturated rings. The van der Waals surface area contributed by atoms with Gasteiger partial charge in [0.1, 0.15) is 11.5 Å². The monoisotopic (exact) mass is 325 g/mol. The Morgan fingerprint density at radius 3 is 2.83 bits per heavy atom. The number of pyridine rings is 1. The summed E-state index contributed by atoms with van der Waals surface area (Å²) in [6.45, 7) is 1.79. The number of aryl methyl sites for hydroxylation is 1. The fraction of sp³-hybridized carbons (Fsp3) is 0.412. The summed E-state index contributed by atoms with van der Waals surface area (Å²) in [5.74, 6) is 0.545. The zero-order valence-corrected chi connectivity index (χ0v) is 13.4. The molecule has 2 aromatic rings. The molecule has 2 N–H and O–H groups in total. The molecule has 0 radical (unpaired) electrons. The van der Waals surface area contributed by atoms with Crippen LogP contribution in [-0.4, -0.2) is 43.7 Å². The number of hydrogen-bond acceptors (Lipinski definition) is 4. The van der Waals surface area contributed by atoms with Gasteiger partial charge in [-0.3, -0.25) is 14.6 Å². The second kappa shape index (κ2) is 5.74. The third kappa shape index (κ3) is 2.66. The Kier molecular flexibility index (Phi) is 3.55. The molecule has 1 aliphatic heterocycles. The number of hydrogen-bond donors (Lipinski definition) is 2. The van der Waals surface area contributed by atoms with Crippen molar-refractivity contribution in [2.75, 3.05) is 0 Å². The number of rotatable bonds is 4. The smallest absolute Gasteiger partial charge is 0.269 e. The van der Waals surface area contributed by atoms with E-state index in [9.17, 15) is 9.59 Å². The van der Waals surface area contributed by atoms with E-state index in [0.29, 0.717) is 24.0 Å². The van der Waals surface area contributed by atoms with Gasteiger partial charge in [0.25, 0.3) is 5.91 Å². The van der Waals surface area contributed by atoms with Crippen molar-refractivity contribution in [1.82, 2.24) is 25.2 Å². The lowest BCUT2D eigenvalue weighted by Gasteiger charge is -2.28. The average molecular weight is 325 g/mol. The molecule has 7 nitrogen and oxygen atoms in total. The Bertz CT molecular complexity index is 768. The van der Waals surface area contributed by atoms with E-state index < -0.39 is 0 Å². The zero-order chi connectivity index (χ0) is 16.7. The van der Waals surface area contributed by atoms with E-state index in [1.165, 1.54) is 6.20 Å². The highest BCUT2D eigenvalue weighted by atomic mass is 16.2. The number of nitrogens with one attached hydrogen (secondary N) is 2. The first-order valence-electron chi connectivity index (χ1n) is 8.17. The number of nitrogens with zero attached hydrogens (tertiary/aromatic N) is 3. The molecule has 1 saturated carbocycles. The quantitative estimate of drug-likeness (QED) is 0.887. The van der Waals surface area contributed by atoms with Crippen LogP contribution in [0.5, 0.6) is 0 Å². The van der Waals surface area contributed by atoms with Crippen LogP contribution in [0.3, 0.4) is 0 Å². The summed E-state index contributed by atoms with van der Waals surface area (Å²) in [7, 11) is 0. The molecular formula is C17H19N5O2. The van der Waals surface area contributed by atoms with Crippen LogP contribution in [-0.2, 0) is 4.79 Å². The number of aromatic nitrogens is 3. The largest absolute Gasteiger partial charge is 0.345 e. The number of imidazole rings is 1. The minimum absolute atomic E-state index is 0.0949. The lowest BCUT2D eigenvalue weighted by Crippen LogP contribution is -2.40. The molecule has 4 rings (SSSR count). The molecule has 7 heteroatoms. The number of carbonyl (C=O) groups is 2. The van der Waals surface area contributed by atoms with Crippen molar-refractivity contribution >= 4 is 11.8 Å². The SMILES string of the molecule is Cc1ncc(C(=O)N[C@@H]2CC(=O)N(C3CC3)[C@H]2c2cccnc2)[nH]1. The lowest BCUT2D eigenvalue weighted by molar-refractivity contribution is -0.129. The van der Waals surface area contributed by atoms with Crippen molar-refractivity contribution < 1.29 is 9.59 Å². The molecule has 3 heterocycles. The van der Waals surface area contributed by atoms with E-state index in [4.69, 9.17) is 0 Å². The molecule has 124 valence electrons. The molecule has 24 heavy (non-hydrogen) atoms. The van der Waals surface area contributed by atoms with Crippen molar-refractivity contribution in [3.8, 4) is 0 Å². The molecule has 1 aliphatic carbocycles. The second-order valence-electron chi connectivity index (χ2n) is 6.43. The van der Waals surface area contributed by atoms with E-state index in [2.05, 4.69) is 20.3 Å². The van der Waals surface area contributed by atoms with Crippen molar-refractivity contribution in [3.63, 3.8) is 0 Å². The number of carbonyl (C=O) groups excluding carboxylic acids is 2.